The van der Waals surface area contributed by atoms with E-state index >= 15 is 0 Å². The van der Waals surface area contributed by atoms with Crippen molar-refractivity contribution >= 4 is 51.4 Å². The molecule has 26 heavy (non-hydrogen) atoms. The van der Waals surface area contributed by atoms with Gasteiger partial charge in [-0.1, -0.05) is 22.7 Å². The number of thiazole rings is 1. The molecule has 1 aliphatic rings. The van der Waals surface area contributed by atoms with Crippen molar-refractivity contribution in [3.05, 3.63) is 38.4 Å². The molecular formula is C17H15N5O2S2. The van der Waals surface area contributed by atoms with Crippen LogP contribution in [0.15, 0.2) is 28.2 Å². The average molecular weight is 385 g/mol. The van der Waals surface area contributed by atoms with Crippen LogP contribution >= 0.6 is 22.7 Å². The van der Waals surface area contributed by atoms with Gasteiger partial charge >= 0.3 is 0 Å². The molecule has 2 aromatic heterocycles. The lowest BCUT2D eigenvalue weighted by atomic mass is 10.1. The number of fused-ring (bicyclic) bond motifs is 1. The third kappa shape index (κ3) is 2.95. The van der Waals surface area contributed by atoms with Crippen LogP contribution < -0.4 is 9.54 Å². The highest BCUT2D eigenvalue weighted by atomic mass is 32.1. The molecule has 0 saturated heterocycles. The molecule has 1 N–H and O–H groups in total. The molecular weight excluding hydrogens is 370 g/mol. The van der Waals surface area contributed by atoms with Crippen molar-refractivity contribution < 1.29 is 9.84 Å². The lowest BCUT2D eigenvalue weighted by Gasteiger charge is -2.03. The van der Waals surface area contributed by atoms with Crippen LogP contribution in [0.5, 0.6) is 11.6 Å². The molecule has 0 atom stereocenters. The molecule has 3 aromatic rings. The van der Waals surface area contributed by atoms with E-state index in [1.165, 1.54) is 22.7 Å². The molecule has 4 rings (SSSR count). The Morgan fingerprint density at radius 3 is 2.85 bits per heavy atom. The molecule has 9 heteroatoms. The Kier molecular flexibility index (Phi) is 4.17. The predicted octanol–water partition coefficient (Wildman–Crippen LogP) is 3.45. The Morgan fingerprint density at radius 1 is 1.27 bits per heavy atom. The van der Waals surface area contributed by atoms with Crippen LogP contribution in [0.1, 0.15) is 15.4 Å². The molecule has 0 saturated carbocycles. The van der Waals surface area contributed by atoms with Crippen LogP contribution in [0, 0.1) is 6.92 Å². The minimum atomic E-state index is 0.146. The summed E-state index contributed by atoms with van der Waals surface area (Å²) >= 11 is 2.78. The number of hydrogen-bond donors (Lipinski definition) is 1. The summed E-state index contributed by atoms with van der Waals surface area (Å²) in [6.07, 6.45) is 3.69. The van der Waals surface area contributed by atoms with Crippen molar-refractivity contribution in [1.29, 1.82) is 0 Å². The zero-order valence-corrected chi connectivity index (χ0v) is 15.9. The highest BCUT2D eigenvalue weighted by Gasteiger charge is 2.16. The molecule has 132 valence electrons. The Morgan fingerprint density at radius 2 is 2.12 bits per heavy atom. The van der Waals surface area contributed by atoms with Crippen LogP contribution in [0.3, 0.4) is 0 Å². The van der Waals surface area contributed by atoms with Crippen molar-refractivity contribution in [3.63, 3.8) is 0 Å². The fraction of sp³-hybridized carbons (Fsp3) is 0.176. The standard InChI is InChI=1S/C17H15N5O2S2/c1-9-20-21-16(25-9)19-17-22(2)15(23)14(26-17)6-10-8-18-13-5-4-11(24-3)7-12(10)13/h4-8,23H,1-3H3/b10-6+,19-17+. The van der Waals surface area contributed by atoms with Gasteiger partial charge in [0.05, 0.1) is 17.7 Å². The van der Waals surface area contributed by atoms with Crippen molar-refractivity contribution in [2.75, 3.05) is 7.11 Å². The topological polar surface area (TPSA) is 84.9 Å². The summed E-state index contributed by atoms with van der Waals surface area (Å²) < 4.78 is 6.92. The molecule has 0 amide bonds. The number of aromatic hydroxyl groups is 1. The maximum Gasteiger partial charge on any atom is 0.234 e. The van der Waals surface area contributed by atoms with Gasteiger partial charge < -0.3 is 9.84 Å². The van der Waals surface area contributed by atoms with Crippen LogP contribution in [-0.4, -0.2) is 33.2 Å². The molecule has 7 nitrogen and oxygen atoms in total. The third-order valence-electron chi connectivity index (χ3n) is 3.88. The number of benzene rings is 1. The summed E-state index contributed by atoms with van der Waals surface area (Å²) in [5, 5.41) is 19.9. The van der Waals surface area contributed by atoms with Crippen LogP contribution in [-0.2, 0) is 7.05 Å². The smallest absolute Gasteiger partial charge is 0.234 e. The molecule has 0 radical (unpaired) electrons. The fourth-order valence-corrected chi connectivity index (χ4v) is 4.11. The molecule has 1 aromatic carbocycles. The second-order valence-electron chi connectivity index (χ2n) is 5.59. The number of aliphatic imine (C=N–C) groups is 1. The van der Waals surface area contributed by atoms with Gasteiger partial charge in [-0.3, -0.25) is 9.56 Å². The van der Waals surface area contributed by atoms with Gasteiger partial charge in [0.15, 0.2) is 4.80 Å². The van der Waals surface area contributed by atoms with Gasteiger partial charge in [0.25, 0.3) is 0 Å². The number of rotatable bonds is 3. The van der Waals surface area contributed by atoms with E-state index in [1.54, 1.807) is 24.9 Å². The first-order chi connectivity index (χ1) is 12.5. The first-order valence-electron chi connectivity index (χ1n) is 7.73. The number of aromatic nitrogens is 3. The van der Waals surface area contributed by atoms with E-state index in [2.05, 4.69) is 20.2 Å². The van der Waals surface area contributed by atoms with E-state index in [0.29, 0.717) is 14.8 Å². The normalized spacial score (nSPS) is 15.0. The molecule has 0 spiro atoms. The Hall–Kier alpha value is -2.78. The molecule has 1 aliphatic heterocycles. The summed E-state index contributed by atoms with van der Waals surface area (Å²) in [5.41, 5.74) is 2.76. The average Bonchev–Trinajstić information content (AvgIpc) is 3.30. The van der Waals surface area contributed by atoms with E-state index in [-0.39, 0.29) is 5.88 Å². The first-order valence-corrected chi connectivity index (χ1v) is 9.36. The van der Waals surface area contributed by atoms with Gasteiger partial charge in [-0.2, -0.15) is 4.99 Å². The minimum absolute atomic E-state index is 0.146. The zero-order chi connectivity index (χ0) is 18.3. The van der Waals surface area contributed by atoms with Gasteiger partial charge in [-0.05, 0) is 31.2 Å². The Balaban J connectivity index is 1.77. The van der Waals surface area contributed by atoms with Crippen molar-refractivity contribution in [2.45, 2.75) is 6.92 Å². The lowest BCUT2D eigenvalue weighted by molar-refractivity contribution is 0.415. The second kappa shape index (κ2) is 6.50. The highest BCUT2D eigenvalue weighted by molar-refractivity contribution is 7.15. The summed E-state index contributed by atoms with van der Waals surface area (Å²) in [7, 11) is 3.40. The van der Waals surface area contributed by atoms with Crippen LogP contribution in [0.2, 0.25) is 0 Å². The van der Waals surface area contributed by atoms with E-state index in [1.807, 2.05) is 31.2 Å². The predicted molar refractivity (Wildman–Crippen MR) is 104 cm³/mol. The first kappa shape index (κ1) is 16.7. The van der Waals surface area contributed by atoms with E-state index in [9.17, 15) is 5.11 Å². The van der Waals surface area contributed by atoms with E-state index in [0.717, 1.165) is 27.6 Å². The lowest BCUT2D eigenvalue weighted by Crippen LogP contribution is -2.08. The van der Waals surface area contributed by atoms with Gasteiger partial charge in [-0.25, -0.2) is 0 Å². The van der Waals surface area contributed by atoms with Gasteiger partial charge in [0.2, 0.25) is 11.0 Å². The van der Waals surface area contributed by atoms with E-state index < -0.39 is 0 Å². The number of aryl methyl sites for hydroxylation is 1. The summed E-state index contributed by atoms with van der Waals surface area (Å²) in [4.78, 5) is 10.2. The summed E-state index contributed by atoms with van der Waals surface area (Å²) in [6.45, 7) is 1.88. The van der Waals surface area contributed by atoms with Gasteiger partial charge in [-0.15, -0.1) is 10.2 Å². The summed E-state index contributed by atoms with van der Waals surface area (Å²) in [5.74, 6) is 0.913. The monoisotopic (exact) mass is 385 g/mol. The van der Waals surface area contributed by atoms with E-state index in [4.69, 9.17) is 4.74 Å². The van der Waals surface area contributed by atoms with Crippen LogP contribution in [0.4, 0.5) is 10.8 Å². The minimum Gasteiger partial charge on any atom is -0.497 e. The van der Waals surface area contributed by atoms with Crippen LogP contribution in [0.25, 0.3) is 11.6 Å². The SMILES string of the molecule is COc1ccc2c(c1)/C(=C/c1s/c(=N/c3nnc(C)s3)n(C)c1O)C=N2. The quantitative estimate of drug-likeness (QED) is 0.748. The highest BCUT2D eigenvalue weighted by Crippen LogP contribution is 2.36. The Labute approximate surface area is 157 Å². The fourth-order valence-electron chi connectivity index (χ4n) is 2.52. The van der Waals surface area contributed by atoms with Gasteiger partial charge in [0, 0.05) is 24.4 Å². The molecule has 3 heterocycles. The third-order valence-corrected chi connectivity index (χ3v) is 5.68. The number of ether oxygens (including phenoxy) is 1. The largest absolute Gasteiger partial charge is 0.497 e. The number of methoxy groups -OCH3 is 1. The maximum atomic E-state index is 10.5. The second-order valence-corrected chi connectivity index (χ2v) is 7.76. The number of hydrogen-bond acceptors (Lipinski definition) is 8. The zero-order valence-electron chi connectivity index (χ0n) is 14.3. The molecule has 0 unspecified atom stereocenters. The number of allylic oxidation sites excluding steroid dienone is 1. The molecule has 0 bridgehead atoms. The maximum absolute atomic E-state index is 10.5. The van der Waals surface area contributed by atoms with Crippen molar-refractivity contribution in [3.8, 4) is 11.6 Å². The molecule has 0 aliphatic carbocycles. The van der Waals surface area contributed by atoms with Crippen molar-refractivity contribution in [2.24, 2.45) is 17.0 Å². The van der Waals surface area contributed by atoms with Crippen molar-refractivity contribution in [1.82, 2.24) is 14.8 Å². The molecule has 0 fully saturated rings. The van der Waals surface area contributed by atoms with Gasteiger partial charge in [0.1, 0.15) is 10.8 Å². The Bertz CT molecular complexity index is 1120. The summed E-state index contributed by atoms with van der Waals surface area (Å²) in [6, 6.07) is 5.73. The number of nitrogens with zero attached hydrogens (tertiary/aromatic N) is 5.